The third kappa shape index (κ3) is 6.42. The van der Waals surface area contributed by atoms with Gasteiger partial charge >= 0.3 is 0 Å². The molecule has 1 fully saturated rings. The van der Waals surface area contributed by atoms with E-state index in [1.54, 1.807) is 6.92 Å². The highest BCUT2D eigenvalue weighted by Gasteiger charge is 2.29. The predicted molar refractivity (Wildman–Crippen MR) is 117 cm³/mol. The van der Waals surface area contributed by atoms with Crippen LogP contribution in [0, 0.1) is 13.8 Å². The minimum absolute atomic E-state index is 0. The number of rotatable bonds is 8. The minimum atomic E-state index is -1.05. The third-order valence-electron chi connectivity index (χ3n) is 4.89. The van der Waals surface area contributed by atoms with E-state index in [0.717, 1.165) is 42.2 Å². The lowest BCUT2D eigenvalue weighted by Crippen LogP contribution is -2.46. The van der Waals surface area contributed by atoms with Crippen molar-refractivity contribution in [3.63, 3.8) is 0 Å². The lowest BCUT2D eigenvalue weighted by molar-refractivity contribution is 0.0657. The number of halogens is 1. The van der Waals surface area contributed by atoms with Gasteiger partial charge in [0.05, 0.1) is 6.54 Å². The first-order valence-corrected chi connectivity index (χ1v) is 9.28. The molecule has 3 N–H and O–H groups in total. The molecule has 1 heterocycles. The van der Waals surface area contributed by atoms with Crippen LogP contribution >= 0.6 is 24.0 Å². The summed E-state index contributed by atoms with van der Waals surface area (Å²) in [5.74, 6) is 2.28. The van der Waals surface area contributed by atoms with Gasteiger partial charge in [-0.15, -0.1) is 24.0 Å². The van der Waals surface area contributed by atoms with Crippen LogP contribution in [-0.2, 0) is 5.60 Å². The molecule has 150 valence electrons. The fraction of sp³-hybridized carbons (Fsp3) is 0.737. The van der Waals surface area contributed by atoms with Crippen LogP contribution < -0.4 is 10.6 Å². The quantitative estimate of drug-likeness (QED) is 0.305. The molecule has 0 radical (unpaired) electrons. The van der Waals surface area contributed by atoms with Crippen molar-refractivity contribution in [2.24, 2.45) is 4.99 Å². The molecule has 0 spiro atoms. The van der Waals surface area contributed by atoms with Crippen molar-refractivity contribution in [1.82, 2.24) is 15.5 Å². The largest absolute Gasteiger partial charge is 0.466 e. The van der Waals surface area contributed by atoms with Gasteiger partial charge in [0.25, 0.3) is 0 Å². The Hall–Kier alpha value is -0.800. The molecule has 26 heavy (non-hydrogen) atoms. The van der Waals surface area contributed by atoms with Crippen LogP contribution in [0.25, 0.3) is 0 Å². The van der Waals surface area contributed by atoms with Gasteiger partial charge in [0, 0.05) is 30.7 Å². The van der Waals surface area contributed by atoms with Crippen LogP contribution in [-0.4, -0.2) is 54.7 Å². The summed E-state index contributed by atoms with van der Waals surface area (Å²) >= 11 is 0. The zero-order valence-electron chi connectivity index (χ0n) is 16.9. The summed E-state index contributed by atoms with van der Waals surface area (Å²) in [5.41, 5.74) is -0.257. The number of hydrogen-bond donors (Lipinski definition) is 3. The first kappa shape index (κ1) is 23.2. The molecule has 0 aromatic carbocycles. The number of hydrogen-bond acceptors (Lipinski definition) is 4. The molecule has 1 aromatic heterocycles. The SMILES string of the molecule is CCNC(=NCC(C)(O)c1cc(C)oc1C)NCC(C)N(C)C1CC1.I. The van der Waals surface area contributed by atoms with Crippen LogP contribution in [0.4, 0.5) is 0 Å². The standard InChI is InChI=1S/C19H34N4O2.HI/c1-7-20-18(21-11-13(2)23(6)16-8-9-16)22-12-19(5,24)17-10-14(3)25-15(17)4;/h10,13,16,24H,7-9,11-12H2,1-6H3,(H2,20,21,22);1H. The number of likely N-dealkylation sites (N-methyl/N-ethyl adjacent to an activating group) is 1. The molecule has 0 saturated heterocycles. The number of nitrogens with zero attached hydrogens (tertiary/aromatic N) is 2. The smallest absolute Gasteiger partial charge is 0.191 e. The maximum atomic E-state index is 10.8. The third-order valence-corrected chi connectivity index (χ3v) is 4.89. The normalized spacial score (nSPS) is 18.2. The average Bonchev–Trinajstić information content (AvgIpc) is 3.33. The molecule has 6 nitrogen and oxygen atoms in total. The lowest BCUT2D eigenvalue weighted by Gasteiger charge is -2.26. The highest BCUT2D eigenvalue weighted by atomic mass is 127. The van der Waals surface area contributed by atoms with Gasteiger partial charge in [-0.25, -0.2) is 4.99 Å². The minimum Gasteiger partial charge on any atom is -0.466 e. The van der Waals surface area contributed by atoms with Crippen molar-refractivity contribution in [1.29, 1.82) is 0 Å². The molecule has 7 heteroatoms. The monoisotopic (exact) mass is 478 g/mol. The molecule has 2 rings (SSSR count). The van der Waals surface area contributed by atoms with E-state index < -0.39 is 5.60 Å². The van der Waals surface area contributed by atoms with E-state index in [-0.39, 0.29) is 30.5 Å². The van der Waals surface area contributed by atoms with Gasteiger partial charge in [0.1, 0.15) is 17.1 Å². The van der Waals surface area contributed by atoms with E-state index in [1.807, 2.05) is 26.8 Å². The summed E-state index contributed by atoms with van der Waals surface area (Å²) < 4.78 is 5.54. The molecular weight excluding hydrogens is 443 g/mol. The van der Waals surface area contributed by atoms with Crippen LogP contribution in [0.1, 0.15) is 50.7 Å². The topological polar surface area (TPSA) is 73.0 Å². The number of aryl methyl sites for hydroxylation is 2. The van der Waals surface area contributed by atoms with Gasteiger partial charge in [-0.2, -0.15) is 0 Å². The molecule has 1 aromatic rings. The molecule has 0 bridgehead atoms. The fourth-order valence-electron chi connectivity index (χ4n) is 3.06. The summed E-state index contributed by atoms with van der Waals surface area (Å²) in [4.78, 5) is 7.01. The first-order valence-electron chi connectivity index (χ1n) is 9.28. The lowest BCUT2D eigenvalue weighted by atomic mass is 9.96. The molecular formula is C19H35IN4O2. The zero-order valence-corrected chi connectivity index (χ0v) is 19.3. The molecule has 0 amide bonds. The Morgan fingerprint density at radius 3 is 2.58 bits per heavy atom. The number of nitrogens with one attached hydrogen (secondary N) is 2. The van der Waals surface area contributed by atoms with E-state index in [9.17, 15) is 5.11 Å². The summed E-state index contributed by atoms with van der Waals surface area (Å²) in [6.45, 7) is 11.7. The van der Waals surface area contributed by atoms with E-state index in [2.05, 4.69) is 34.5 Å². The van der Waals surface area contributed by atoms with Crippen molar-refractivity contribution in [2.75, 3.05) is 26.7 Å². The fourth-order valence-corrected chi connectivity index (χ4v) is 3.06. The van der Waals surface area contributed by atoms with Crippen molar-refractivity contribution >= 4 is 29.9 Å². The highest BCUT2D eigenvalue weighted by Crippen LogP contribution is 2.27. The van der Waals surface area contributed by atoms with Gasteiger partial charge in [-0.05, 0) is 60.6 Å². The number of aliphatic hydroxyl groups is 1. The van der Waals surface area contributed by atoms with E-state index in [1.165, 1.54) is 12.8 Å². The molecule has 2 unspecified atom stereocenters. The van der Waals surface area contributed by atoms with Gasteiger partial charge in [0.15, 0.2) is 5.96 Å². The Labute approximate surface area is 174 Å². The Balaban J connectivity index is 0.00000338. The summed E-state index contributed by atoms with van der Waals surface area (Å²) in [6, 6.07) is 3.07. The highest BCUT2D eigenvalue weighted by molar-refractivity contribution is 14.0. The van der Waals surface area contributed by atoms with Crippen molar-refractivity contribution < 1.29 is 9.52 Å². The summed E-state index contributed by atoms with van der Waals surface area (Å²) in [5, 5.41) is 17.5. The molecule has 0 aliphatic heterocycles. The molecule has 1 saturated carbocycles. The number of furan rings is 1. The van der Waals surface area contributed by atoms with Crippen LogP contribution in [0.15, 0.2) is 15.5 Å². The van der Waals surface area contributed by atoms with Crippen molar-refractivity contribution in [3.05, 3.63) is 23.2 Å². The second-order valence-corrected chi connectivity index (χ2v) is 7.42. The summed E-state index contributed by atoms with van der Waals surface area (Å²) in [7, 11) is 2.18. The van der Waals surface area contributed by atoms with Gasteiger partial charge in [0.2, 0.25) is 0 Å². The Morgan fingerprint density at radius 2 is 2.08 bits per heavy atom. The van der Waals surface area contributed by atoms with Gasteiger partial charge < -0.3 is 20.2 Å². The second-order valence-electron chi connectivity index (χ2n) is 7.42. The first-order chi connectivity index (χ1) is 11.7. The van der Waals surface area contributed by atoms with Crippen molar-refractivity contribution in [2.45, 2.75) is 65.1 Å². The van der Waals surface area contributed by atoms with E-state index in [4.69, 9.17) is 4.42 Å². The summed E-state index contributed by atoms with van der Waals surface area (Å²) in [6.07, 6.45) is 2.61. The average molecular weight is 478 g/mol. The molecule has 2 atom stereocenters. The Bertz CT molecular complexity index is 596. The Kier molecular flexibility index (Phi) is 8.88. The van der Waals surface area contributed by atoms with Crippen molar-refractivity contribution in [3.8, 4) is 0 Å². The maximum Gasteiger partial charge on any atom is 0.191 e. The maximum absolute atomic E-state index is 10.8. The number of aliphatic imine (C=N–C) groups is 1. The predicted octanol–water partition coefficient (Wildman–Crippen LogP) is 2.76. The zero-order chi connectivity index (χ0) is 18.6. The van der Waals surface area contributed by atoms with Gasteiger partial charge in [-0.1, -0.05) is 0 Å². The molecule has 1 aliphatic carbocycles. The molecule has 1 aliphatic rings. The van der Waals surface area contributed by atoms with Crippen LogP contribution in [0.3, 0.4) is 0 Å². The number of guanidine groups is 1. The van der Waals surface area contributed by atoms with E-state index in [0.29, 0.717) is 6.04 Å². The van der Waals surface area contributed by atoms with Crippen LogP contribution in [0.2, 0.25) is 0 Å². The van der Waals surface area contributed by atoms with E-state index >= 15 is 0 Å². The van der Waals surface area contributed by atoms with Crippen LogP contribution in [0.5, 0.6) is 0 Å². The Morgan fingerprint density at radius 1 is 1.42 bits per heavy atom. The van der Waals surface area contributed by atoms with Gasteiger partial charge in [-0.3, -0.25) is 4.90 Å². The second kappa shape index (κ2) is 9.94.